The Morgan fingerprint density at radius 3 is 2.81 bits per heavy atom. The number of sulfone groups is 1. The maximum atomic E-state index is 12.4. The largest absolute Gasteiger partial charge is 0.452 e. The normalized spacial score (nSPS) is 20.5. The van der Waals surface area contributed by atoms with E-state index in [0.29, 0.717) is 24.4 Å². The van der Waals surface area contributed by atoms with E-state index in [4.69, 9.17) is 4.74 Å². The molecule has 0 aromatic heterocycles. The zero-order valence-corrected chi connectivity index (χ0v) is 16.4. The van der Waals surface area contributed by atoms with E-state index >= 15 is 0 Å². The SMILES string of the molecule is CCN(C(=O)COC(=O)c1ccc2c(c1)NC(=O)CS2)[C@@H]1CCS(=O)(=O)C1. The second-order valence-corrected chi connectivity index (χ2v) is 9.61. The van der Waals surface area contributed by atoms with E-state index < -0.39 is 28.3 Å². The zero-order valence-electron chi connectivity index (χ0n) is 14.8. The quantitative estimate of drug-likeness (QED) is 0.716. The summed E-state index contributed by atoms with van der Waals surface area (Å²) in [4.78, 5) is 38.4. The summed E-state index contributed by atoms with van der Waals surface area (Å²) in [7, 11) is -3.11. The second kappa shape index (κ2) is 7.89. The number of ether oxygens (including phenoxy) is 1. The van der Waals surface area contributed by atoms with Crippen molar-refractivity contribution in [2.45, 2.75) is 24.3 Å². The molecule has 10 heteroatoms. The molecule has 1 atom stereocenters. The van der Waals surface area contributed by atoms with Crippen molar-refractivity contribution in [3.63, 3.8) is 0 Å². The summed E-state index contributed by atoms with van der Waals surface area (Å²) in [6, 6.07) is 4.45. The number of likely N-dealkylation sites (N-methyl/N-ethyl adjacent to an activating group) is 1. The summed E-state index contributed by atoms with van der Waals surface area (Å²) < 4.78 is 28.3. The molecular formula is C17H20N2O6S2. The molecule has 1 N–H and O–H groups in total. The number of amides is 2. The number of hydrogen-bond acceptors (Lipinski definition) is 7. The summed E-state index contributed by atoms with van der Waals surface area (Å²) in [5, 5.41) is 2.69. The molecule has 146 valence electrons. The molecule has 0 saturated carbocycles. The first-order valence-corrected chi connectivity index (χ1v) is 11.3. The molecule has 27 heavy (non-hydrogen) atoms. The van der Waals surface area contributed by atoms with Crippen molar-refractivity contribution in [1.29, 1.82) is 0 Å². The van der Waals surface area contributed by atoms with Crippen LogP contribution in [0, 0.1) is 0 Å². The van der Waals surface area contributed by atoms with Crippen LogP contribution >= 0.6 is 11.8 Å². The number of rotatable bonds is 5. The van der Waals surface area contributed by atoms with Gasteiger partial charge in [-0.25, -0.2) is 13.2 Å². The van der Waals surface area contributed by atoms with E-state index in [9.17, 15) is 22.8 Å². The van der Waals surface area contributed by atoms with Crippen molar-refractivity contribution in [1.82, 2.24) is 4.90 Å². The van der Waals surface area contributed by atoms with Crippen LogP contribution in [0.1, 0.15) is 23.7 Å². The van der Waals surface area contributed by atoms with E-state index in [0.717, 1.165) is 4.90 Å². The minimum absolute atomic E-state index is 0.0529. The van der Waals surface area contributed by atoms with Gasteiger partial charge in [-0.05, 0) is 31.5 Å². The number of carbonyl (C=O) groups excluding carboxylic acids is 3. The highest BCUT2D eigenvalue weighted by atomic mass is 32.2. The van der Waals surface area contributed by atoms with Gasteiger partial charge >= 0.3 is 5.97 Å². The van der Waals surface area contributed by atoms with E-state index in [1.165, 1.54) is 22.7 Å². The monoisotopic (exact) mass is 412 g/mol. The molecular weight excluding hydrogens is 392 g/mol. The summed E-state index contributed by atoms with van der Waals surface area (Å²) in [6.45, 7) is 1.65. The number of carbonyl (C=O) groups is 3. The highest BCUT2D eigenvalue weighted by Gasteiger charge is 2.34. The van der Waals surface area contributed by atoms with Crippen LogP contribution in [0.3, 0.4) is 0 Å². The van der Waals surface area contributed by atoms with E-state index in [2.05, 4.69) is 5.32 Å². The van der Waals surface area contributed by atoms with Crippen molar-refractivity contribution in [2.24, 2.45) is 0 Å². The van der Waals surface area contributed by atoms with E-state index in [1.807, 2.05) is 0 Å². The Balaban J connectivity index is 1.60. The highest BCUT2D eigenvalue weighted by molar-refractivity contribution is 8.00. The number of nitrogens with zero attached hydrogens (tertiary/aromatic N) is 1. The van der Waals surface area contributed by atoms with Crippen LogP contribution in [0.25, 0.3) is 0 Å². The van der Waals surface area contributed by atoms with Gasteiger partial charge in [0.1, 0.15) is 0 Å². The number of esters is 1. The van der Waals surface area contributed by atoms with Crippen LogP contribution in [-0.4, -0.2) is 67.6 Å². The fourth-order valence-corrected chi connectivity index (χ4v) is 5.68. The van der Waals surface area contributed by atoms with Crippen LogP contribution in [0.4, 0.5) is 5.69 Å². The van der Waals surface area contributed by atoms with Crippen molar-refractivity contribution in [3.8, 4) is 0 Å². The molecule has 2 aliphatic heterocycles. The van der Waals surface area contributed by atoms with Gasteiger partial charge in [-0.3, -0.25) is 9.59 Å². The van der Waals surface area contributed by atoms with E-state index in [1.54, 1.807) is 19.1 Å². The Morgan fingerprint density at radius 1 is 1.37 bits per heavy atom. The third-order valence-electron chi connectivity index (χ3n) is 4.49. The lowest BCUT2D eigenvalue weighted by Crippen LogP contribution is -2.43. The summed E-state index contributed by atoms with van der Waals surface area (Å²) in [5.41, 5.74) is 0.777. The molecule has 0 aliphatic carbocycles. The molecule has 8 nitrogen and oxygen atoms in total. The highest BCUT2D eigenvalue weighted by Crippen LogP contribution is 2.32. The predicted molar refractivity (Wildman–Crippen MR) is 101 cm³/mol. The molecule has 2 amide bonds. The molecule has 3 rings (SSSR count). The average Bonchev–Trinajstić information content (AvgIpc) is 2.99. The molecule has 1 aromatic rings. The average molecular weight is 412 g/mol. The molecule has 1 aromatic carbocycles. The Morgan fingerprint density at radius 2 is 2.15 bits per heavy atom. The van der Waals surface area contributed by atoms with E-state index in [-0.39, 0.29) is 29.0 Å². The summed E-state index contributed by atoms with van der Waals surface area (Å²) in [6.07, 6.45) is 0.401. The minimum atomic E-state index is -3.11. The Labute approximate surface area is 161 Å². The van der Waals surface area contributed by atoms with Crippen LogP contribution in [0.5, 0.6) is 0 Å². The van der Waals surface area contributed by atoms with Gasteiger partial charge < -0.3 is 15.0 Å². The molecule has 0 radical (unpaired) electrons. The molecule has 0 bridgehead atoms. The van der Waals surface area contributed by atoms with Crippen LogP contribution in [-0.2, 0) is 24.2 Å². The molecule has 1 saturated heterocycles. The van der Waals surface area contributed by atoms with Crippen molar-refractivity contribution < 1.29 is 27.5 Å². The van der Waals surface area contributed by atoms with Gasteiger partial charge in [-0.15, -0.1) is 11.8 Å². The number of nitrogens with one attached hydrogen (secondary N) is 1. The number of fused-ring (bicyclic) bond motifs is 1. The molecule has 0 spiro atoms. The Bertz CT molecular complexity index is 883. The fourth-order valence-electron chi connectivity index (χ4n) is 3.16. The van der Waals surface area contributed by atoms with Crippen LogP contribution in [0.2, 0.25) is 0 Å². The van der Waals surface area contributed by atoms with Crippen molar-refractivity contribution in [2.75, 3.05) is 35.7 Å². The number of benzene rings is 1. The third-order valence-corrected chi connectivity index (χ3v) is 7.31. The smallest absolute Gasteiger partial charge is 0.338 e. The topological polar surface area (TPSA) is 110 Å². The maximum absolute atomic E-state index is 12.4. The van der Waals surface area contributed by atoms with Gasteiger partial charge in [0.2, 0.25) is 5.91 Å². The summed E-state index contributed by atoms with van der Waals surface area (Å²) >= 11 is 1.38. The lowest BCUT2D eigenvalue weighted by Gasteiger charge is -2.26. The van der Waals surface area contributed by atoms with Crippen molar-refractivity contribution >= 4 is 45.1 Å². The van der Waals surface area contributed by atoms with Crippen LogP contribution < -0.4 is 5.32 Å². The minimum Gasteiger partial charge on any atom is -0.452 e. The molecule has 2 aliphatic rings. The summed E-state index contributed by atoms with van der Waals surface area (Å²) in [5.74, 6) is -0.892. The standard InChI is InChI=1S/C17H20N2O6S2/c1-2-19(12-5-6-27(23,24)10-12)16(21)8-25-17(22)11-3-4-14-13(7-11)18-15(20)9-26-14/h3-4,7,12H,2,5-6,8-10H2,1H3,(H,18,20)/t12-/m1/s1. The number of anilines is 1. The van der Waals surface area contributed by atoms with Gasteiger partial charge in [0.05, 0.1) is 28.5 Å². The lowest BCUT2D eigenvalue weighted by atomic mass is 10.2. The first-order valence-electron chi connectivity index (χ1n) is 8.53. The van der Waals surface area contributed by atoms with Gasteiger partial charge in [0.15, 0.2) is 16.4 Å². The van der Waals surface area contributed by atoms with Gasteiger partial charge in [0, 0.05) is 17.5 Å². The van der Waals surface area contributed by atoms with Crippen molar-refractivity contribution in [3.05, 3.63) is 23.8 Å². The fraction of sp³-hybridized carbons (Fsp3) is 0.471. The predicted octanol–water partition coefficient (Wildman–Crippen LogP) is 0.923. The van der Waals surface area contributed by atoms with Gasteiger partial charge in [0.25, 0.3) is 5.91 Å². The second-order valence-electron chi connectivity index (χ2n) is 6.36. The molecule has 1 fully saturated rings. The Hall–Kier alpha value is -2.07. The first kappa shape index (κ1) is 19.7. The molecule has 0 unspecified atom stereocenters. The third kappa shape index (κ3) is 4.62. The maximum Gasteiger partial charge on any atom is 0.338 e. The number of thioether (sulfide) groups is 1. The van der Waals surface area contributed by atoms with Gasteiger partial charge in [-0.2, -0.15) is 0 Å². The van der Waals surface area contributed by atoms with Crippen LogP contribution in [0.15, 0.2) is 23.1 Å². The molecule has 2 heterocycles. The first-order chi connectivity index (χ1) is 12.8. The zero-order chi connectivity index (χ0) is 19.6. The Kier molecular flexibility index (Phi) is 5.75. The lowest BCUT2D eigenvalue weighted by molar-refractivity contribution is -0.136. The van der Waals surface area contributed by atoms with Gasteiger partial charge in [-0.1, -0.05) is 0 Å². The number of hydrogen-bond donors (Lipinski definition) is 1.